The lowest BCUT2D eigenvalue weighted by molar-refractivity contribution is -0.898. The Morgan fingerprint density at radius 3 is 2.21 bits per heavy atom. The summed E-state index contributed by atoms with van der Waals surface area (Å²) in [5.41, 5.74) is 1.64. The zero-order chi connectivity index (χ0) is 20.1. The first-order valence-corrected chi connectivity index (χ1v) is 10.9. The first kappa shape index (κ1) is 20.3. The Labute approximate surface area is 166 Å². The maximum Gasteiger partial charge on any atom is 0.262 e. The minimum Gasteiger partial charge on any atom is -0.493 e. The zero-order valence-corrected chi connectivity index (χ0v) is 17.4. The Kier molecular flexibility index (Phi) is 6.31. The van der Waals surface area contributed by atoms with E-state index >= 15 is 0 Å². The van der Waals surface area contributed by atoms with Gasteiger partial charge >= 0.3 is 0 Å². The number of piperazine rings is 1. The largest absolute Gasteiger partial charge is 0.493 e. The summed E-state index contributed by atoms with van der Waals surface area (Å²) in [6, 6.07) is 12.0. The molecule has 1 heterocycles. The van der Waals surface area contributed by atoms with Crippen molar-refractivity contribution in [1.82, 2.24) is 0 Å². The molecule has 1 aliphatic heterocycles. The number of methoxy groups -OCH3 is 2. The summed E-state index contributed by atoms with van der Waals surface area (Å²) < 4.78 is 38.4. The second-order valence-electron chi connectivity index (χ2n) is 6.76. The van der Waals surface area contributed by atoms with Crippen LogP contribution in [0.5, 0.6) is 11.5 Å². The Bertz CT molecular complexity index is 892. The summed E-state index contributed by atoms with van der Waals surface area (Å²) in [6.07, 6.45) is 0. The van der Waals surface area contributed by atoms with Gasteiger partial charge < -0.3 is 19.3 Å². The summed E-state index contributed by atoms with van der Waals surface area (Å²) in [4.78, 5) is 4.08. The molecule has 0 spiro atoms. The molecule has 1 fully saturated rings. The molecule has 0 bridgehead atoms. The van der Waals surface area contributed by atoms with Gasteiger partial charge in [0.2, 0.25) is 0 Å². The normalized spacial score (nSPS) is 15.3. The maximum absolute atomic E-state index is 12.7. The Balaban J connectivity index is 1.71. The van der Waals surface area contributed by atoms with Crippen molar-refractivity contribution in [2.45, 2.75) is 11.8 Å². The van der Waals surface area contributed by atoms with Crippen LogP contribution in [0.25, 0.3) is 0 Å². The van der Waals surface area contributed by atoms with Crippen molar-refractivity contribution in [2.24, 2.45) is 0 Å². The minimum atomic E-state index is -3.72. The van der Waals surface area contributed by atoms with E-state index in [-0.39, 0.29) is 4.90 Å². The molecule has 2 aromatic carbocycles. The van der Waals surface area contributed by atoms with Crippen LogP contribution >= 0.6 is 0 Å². The minimum absolute atomic E-state index is 0.118. The number of anilines is 2. The number of nitrogens with one attached hydrogen (secondary N) is 2. The molecule has 0 unspecified atom stereocenters. The molecule has 0 atom stereocenters. The molecule has 3 rings (SSSR count). The van der Waals surface area contributed by atoms with Crippen LogP contribution in [0, 0.1) is 0 Å². The topological polar surface area (TPSA) is 72.3 Å². The summed E-state index contributed by atoms with van der Waals surface area (Å²) in [5.74, 6) is 0.852. The average Bonchev–Trinajstić information content (AvgIpc) is 2.73. The van der Waals surface area contributed by atoms with E-state index in [2.05, 4.69) is 16.5 Å². The van der Waals surface area contributed by atoms with E-state index in [1.807, 2.05) is 12.1 Å². The van der Waals surface area contributed by atoms with Crippen LogP contribution in [0.2, 0.25) is 0 Å². The number of hydrogen-bond acceptors (Lipinski definition) is 5. The number of sulfonamides is 1. The zero-order valence-electron chi connectivity index (χ0n) is 16.6. The lowest BCUT2D eigenvalue weighted by Gasteiger charge is -2.33. The molecule has 7 nitrogen and oxygen atoms in total. The van der Waals surface area contributed by atoms with E-state index in [1.165, 1.54) is 26.4 Å². The molecule has 8 heteroatoms. The number of nitrogens with zero attached hydrogens (tertiary/aromatic N) is 1. The van der Waals surface area contributed by atoms with Gasteiger partial charge in [-0.1, -0.05) is 0 Å². The predicted octanol–water partition coefficient (Wildman–Crippen LogP) is 1.23. The van der Waals surface area contributed by atoms with Crippen molar-refractivity contribution in [3.05, 3.63) is 42.5 Å². The van der Waals surface area contributed by atoms with Crippen molar-refractivity contribution in [3.63, 3.8) is 0 Å². The maximum atomic E-state index is 12.7. The number of rotatable bonds is 7. The molecule has 2 aromatic rings. The number of ether oxygens (including phenoxy) is 2. The lowest BCUT2D eigenvalue weighted by Crippen LogP contribution is -3.14. The molecule has 0 radical (unpaired) electrons. The van der Waals surface area contributed by atoms with Crippen molar-refractivity contribution < 1.29 is 22.8 Å². The number of benzene rings is 2. The highest BCUT2D eigenvalue weighted by Gasteiger charge is 2.20. The fraction of sp³-hybridized carbons (Fsp3) is 0.400. The van der Waals surface area contributed by atoms with Gasteiger partial charge in [-0.25, -0.2) is 8.42 Å². The monoisotopic (exact) mass is 406 g/mol. The van der Waals surface area contributed by atoms with Crippen LogP contribution < -0.4 is 24.0 Å². The van der Waals surface area contributed by atoms with Gasteiger partial charge in [-0.2, -0.15) is 0 Å². The second-order valence-corrected chi connectivity index (χ2v) is 8.44. The Morgan fingerprint density at radius 1 is 1.00 bits per heavy atom. The molecule has 0 aliphatic carbocycles. The van der Waals surface area contributed by atoms with Crippen LogP contribution in [0.15, 0.2) is 47.4 Å². The van der Waals surface area contributed by atoms with Crippen LogP contribution in [-0.4, -0.2) is 55.4 Å². The van der Waals surface area contributed by atoms with Gasteiger partial charge in [0.25, 0.3) is 10.0 Å². The average molecular weight is 407 g/mol. The SMILES string of the molecule is CC[NH+]1CCN(c2ccc(NS(=O)(=O)c3ccc(OC)c(OC)c3)cc2)CC1. The van der Waals surface area contributed by atoms with E-state index in [9.17, 15) is 8.42 Å². The van der Waals surface area contributed by atoms with Gasteiger partial charge in [-0.05, 0) is 43.3 Å². The van der Waals surface area contributed by atoms with E-state index in [1.54, 1.807) is 23.1 Å². The van der Waals surface area contributed by atoms with Crippen LogP contribution in [0.4, 0.5) is 11.4 Å². The fourth-order valence-corrected chi connectivity index (χ4v) is 4.45. The molecular formula is C20H28N3O4S+. The Morgan fingerprint density at radius 2 is 1.64 bits per heavy atom. The van der Waals surface area contributed by atoms with E-state index in [0.717, 1.165) is 38.4 Å². The highest BCUT2D eigenvalue weighted by molar-refractivity contribution is 7.92. The van der Waals surface area contributed by atoms with Crippen molar-refractivity contribution >= 4 is 21.4 Å². The van der Waals surface area contributed by atoms with Crippen molar-refractivity contribution in [2.75, 3.05) is 56.6 Å². The highest BCUT2D eigenvalue weighted by Crippen LogP contribution is 2.30. The van der Waals surface area contributed by atoms with Gasteiger partial charge in [0.05, 0.1) is 51.8 Å². The van der Waals surface area contributed by atoms with Gasteiger partial charge in [-0.3, -0.25) is 4.72 Å². The smallest absolute Gasteiger partial charge is 0.262 e. The summed E-state index contributed by atoms with van der Waals surface area (Å²) in [5, 5.41) is 0. The van der Waals surface area contributed by atoms with Gasteiger partial charge in [-0.15, -0.1) is 0 Å². The lowest BCUT2D eigenvalue weighted by atomic mass is 10.2. The quantitative estimate of drug-likeness (QED) is 0.724. The van der Waals surface area contributed by atoms with E-state index in [0.29, 0.717) is 17.2 Å². The second kappa shape index (κ2) is 8.70. The molecule has 0 amide bonds. The molecule has 1 aliphatic rings. The number of likely N-dealkylation sites (N-methyl/N-ethyl adjacent to an activating group) is 1. The molecule has 2 N–H and O–H groups in total. The van der Waals surface area contributed by atoms with Crippen LogP contribution in [-0.2, 0) is 10.0 Å². The van der Waals surface area contributed by atoms with Gasteiger partial charge in [0.1, 0.15) is 0 Å². The van der Waals surface area contributed by atoms with Crippen LogP contribution in [0.3, 0.4) is 0 Å². The van der Waals surface area contributed by atoms with E-state index < -0.39 is 10.0 Å². The molecule has 0 aromatic heterocycles. The van der Waals surface area contributed by atoms with Gasteiger partial charge in [0, 0.05) is 17.4 Å². The summed E-state index contributed by atoms with van der Waals surface area (Å²) >= 11 is 0. The first-order chi connectivity index (χ1) is 13.5. The Hall–Kier alpha value is -2.45. The van der Waals surface area contributed by atoms with Crippen molar-refractivity contribution in [3.8, 4) is 11.5 Å². The van der Waals surface area contributed by atoms with E-state index in [4.69, 9.17) is 9.47 Å². The molecular weight excluding hydrogens is 378 g/mol. The molecule has 152 valence electrons. The number of hydrogen-bond donors (Lipinski definition) is 2. The third kappa shape index (κ3) is 4.51. The summed E-state index contributed by atoms with van der Waals surface area (Å²) in [7, 11) is -0.738. The van der Waals surface area contributed by atoms with Gasteiger partial charge in [0.15, 0.2) is 11.5 Å². The van der Waals surface area contributed by atoms with Crippen molar-refractivity contribution in [1.29, 1.82) is 0 Å². The van der Waals surface area contributed by atoms with Crippen LogP contribution in [0.1, 0.15) is 6.92 Å². The predicted molar refractivity (Wildman–Crippen MR) is 110 cm³/mol. The third-order valence-electron chi connectivity index (χ3n) is 5.12. The fourth-order valence-electron chi connectivity index (χ4n) is 3.37. The molecule has 1 saturated heterocycles. The first-order valence-electron chi connectivity index (χ1n) is 9.40. The number of quaternary nitrogens is 1. The molecule has 28 heavy (non-hydrogen) atoms. The standard InChI is InChI=1S/C20H27N3O4S/c1-4-22-11-13-23(14-12-22)17-7-5-16(6-8-17)21-28(24,25)18-9-10-19(26-2)20(15-18)27-3/h5-10,15,21H,4,11-14H2,1-3H3/p+1. The third-order valence-corrected chi connectivity index (χ3v) is 6.50. The summed E-state index contributed by atoms with van der Waals surface area (Å²) in [6.45, 7) is 7.66. The molecule has 0 saturated carbocycles. The highest BCUT2D eigenvalue weighted by atomic mass is 32.2.